The first kappa shape index (κ1) is 15.6. The van der Waals surface area contributed by atoms with Gasteiger partial charge < -0.3 is 4.42 Å². The van der Waals surface area contributed by atoms with Crippen molar-refractivity contribution in [3.8, 4) is 10.8 Å². The first-order valence-corrected chi connectivity index (χ1v) is 9.22. The maximum absolute atomic E-state index is 5.61. The van der Waals surface area contributed by atoms with Gasteiger partial charge in [0.1, 0.15) is 6.26 Å². The topological polar surface area (TPSA) is 32.5 Å². The average Bonchev–Trinajstić information content (AvgIpc) is 3.29. The number of oxazole rings is 1. The van der Waals surface area contributed by atoms with Crippen LogP contribution in [0, 0.1) is 0 Å². The Labute approximate surface area is 146 Å². The molecule has 0 saturated carbocycles. The van der Waals surface area contributed by atoms with Crippen LogP contribution in [0.25, 0.3) is 10.8 Å². The smallest absolute Gasteiger partial charge is 0.236 e. The van der Waals surface area contributed by atoms with Gasteiger partial charge in [-0.25, -0.2) is 4.98 Å². The van der Waals surface area contributed by atoms with Gasteiger partial charge in [0.25, 0.3) is 0 Å². The SMILES string of the molecule is c1ccc(CN2CCN(Cc3coc(-c4cccs4)n3)CC2)cc1. The molecular weight excluding hydrogens is 318 g/mol. The van der Waals surface area contributed by atoms with Crippen molar-refractivity contribution in [3.63, 3.8) is 0 Å². The highest BCUT2D eigenvalue weighted by atomic mass is 32.1. The van der Waals surface area contributed by atoms with E-state index in [9.17, 15) is 0 Å². The second-order valence-corrected chi connectivity index (χ2v) is 7.11. The summed E-state index contributed by atoms with van der Waals surface area (Å²) in [5.74, 6) is 0.739. The lowest BCUT2D eigenvalue weighted by molar-refractivity contribution is 0.121. The molecule has 4 rings (SSSR count). The summed E-state index contributed by atoms with van der Waals surface area (Å²) in [6.45, 7) is 6.27. The van der Waals surface area contributed by atoms with Crippen molar-refractivity contribution in [2.45, 2.75) is 13.1 Å². The maximum Gasteiger partial charge on any atom is 0.236 e. The highest BCUT2D eigenvalue weighted by Crippen LogP contribution is 2.24. The van der Waals surface area contributed by atoms with E-state index in [-0.39, 0.29) is 0 Å². The number of hydrogen-bond donors (Lipinski definition) is 0. The Hall–Kier alpha value is -1.95. The summed E-state index contributed by atoms with van der Waals surface area (Å²) in [4.78, 5) is 10.7. The average molecular weight is 339 g/mol. The first-order valence-electron chi connectivity index (χ1n) is 8.34. The molecule has 0 N–H and O–H groups in total. The first-order chi connectivity index (χ1) is 11.9. The van der Waals surface area contributed by atoms with Crippen molar-refractivity contribution in [2.75, 3.05) is 26.2 Å². The van der Waals surface area contributed by atoms with Crippen LogP contribution >= 0.6 is 11.3 Å². The van der Waals surface area contributed by atoms with Gasteiger partial charge in [0.05, 0.1) is 10.6 Å². The molecule has 0 amide bonds. The molecule has 124 valence electrons. The molecule has 2 aromatic heterocycles. The van der Waals surface area contributed by atoms with Gasteiger partial charge >= 0.3 is 0 Å². The van der Waals surface area contributed by atoms with Gasteiger partial charge in [-0.1, -0.05) is 36.4 Å². The van der Waals surface area contributed by atoms with Crippen molar-refractivity contribution in [2.24, 2.45) is 0 Å². The predicted octanol–water partition coefficient (Wildman–Crippen LogP) is 3.72. The van der Waals surface area contributed by atoms with Crippen molar-refractivity contribution in [1.29, 1.82) is 0 Å². The van der Waals surface area contributed by atoms with Crippen LogP contribution in [0.1, 0.15) is 11.3 Å². The van der Waals surface area contributed by atoms with Gasteiger partial charge in [-0.3, -0.25) is 9.80 Å². The lowest BCUT2D eigenvalue weighted by atomic mass is 10.2. The molecule has 24 heavy (non-hydrogen) atoms. The molecule has 4 nitrogen and oxygen atoms in total. The molecule has 5 heteroatoms. The van der Waals surface area contributed by atoms with E-state index in [1.807, 2.05) is 17.5 Å². The molecule has 1 fully saturated rings. The Morgan fingerprint density at radius 3 is 2.38 bits per heavy atom. The van der Waals surface area contributed by atoms with Crippen LogP contribution < -0.4 is 0 Å². The van der Waals surface area contributed by atoms with Crippen LogP contribution in [0.15, 0.2) is 58.5 Å². The monoisotopic (exact) mass is 339 g/mol. The lowest BCUT2D eigenvalue weighted by Gasteiger charge is -2.34. The van der Waals surface area contributed by atoms with E-state index in [0.717, 1.165) is 55.7 Å². The van der Waals surface area contributed by atoms with E-state index in [1.54, 1.807) is 17.6 Å². The van der Waals surface area contributed by atoms with Crippen LogP contribution in [0.5, 0.6) is 0 Å². The number of benzene rings is 1. The molecule has 1 aromatic carbocycles. The van der Waals surface area contributed by atoms with Crippen molar-refractivity contribution >= 4 is 11.3 Å². The summed E-state index contributed by atoms with van der Waals surface area (Å²) < 4.78 is 5.61. The van der Waals surface area contributed by atoms with E-state index in [0.29, 0.717) is 0 Å². The summed E-state index contributed by atoms with van der Waals surface area (Å²) in [6.07, 6.45) is 1.80. The number of rotatable bonds is 5. The van der Waals surface area contributed by atoms with Gasteiger partial charge in [0, 0.05) is 39.3 Å². The molecule has 1 saturated heterocycles. The molecule has 1 aliphatic heterocycles. The van der Waals surface area contributed by atoms with Gasteiger partial charge in [0.15, 0.2) is 0 Å². The molecule has 3 heterocycles. The number of piperazine rings is 1. The van der Waals surface area contributed by atoms with Gasteiger partial charge in [-0.2, -0.15) is 0 Å². The largest absolute Gasteiger partial charge is 0.444 e. The highest BCUT2D eigenvalue weighted by Gasteiger charge is 2.18. The second kappa shape index (κ2) is 7.30. The van der Waals surface area contributed by atoms with E-state index in [1.165, 1.54) is 5.56 Å². The molecule has 0 spiro atoms. The maximum atomic E-state index is 5.61. The number of nitrogens with zero attached hydrogens (tertiary/aromatic N) is 3. The van der Waals surface area contributed by atoms with Crippen LogP contribution in [0.3, 0.4) is 0 Å². The Kier molecular flexibility index (Phi) is 4.74. The fourth-order valence-electron chi connectivity index (χ4n) is 3.07. The molecule has 0 bridgehead atoms. The molecule has 0 atom stereocenters. The standard InChI is InChI=1S/C19H21N3OS/c1-2-5-16(6-3-1)13-21-8-10-22(11-9-21)14-17-15-23-19(20-17)18-7-4-12-24-18/h1-7,12,15H,8-11,13-14H2. The zero-order valence-corrected chi connectivity index (χ0v) is 14.4. The summed E-state index contributed by atoms with van der Waals surface area (Å²) in [5.41, 5.74) is 2.41. The van der Waals surface area contributed by atoms with Crippen LogP contribution in [-0.4, -0.2) is 41.0 Å². The van der Waals surface area contributed by atoms with Crippen LogP contribution in [0.2, 0.25) is 0 Å². The van der Waals surface area contributed by atoms with Crippen molar-refractivity contribution in [1.82, 2.24) is 14.8 Å². The highest BCUT2D eigenvalue weighted by molar-refractivity contribution is 7.13. The summed E-state index contributed by atoms with van der Waals surface area (Å²) in [7, 11) is 0. The Morgan fingerprint density at radius 1 is 0.917 bits per heavy atom. The molecule has 1 aliphatic rings. The van der Waals surface area contributed by atoms with Crippen molar-refractivity contribution < 1.29 is 4.42 Å². The van der Waals surface area contributed by atoms with E-state index in [4.69, 9.17) is 4.42 Å². The van der Waals surface area contributed by atoms with Gasteiger partial charge in [0.2, 0.25) is 5.89 Å². The summed E-state index contributed by atoms with van der Waals surface area (Å²) in [5, 5.41) is 2.05. The third-order valence-electron chi connectivity index (χ3n) is 4.38. The predicted molar refractivity (Wildman–Crippen MR) is 96.8 cm³/mol. The minimum Gasteiger partial charge on any atom is -0.444 e. The summed E-state index contributed by atoms with van der Waals surface area (Å²) in [6, 6.07) is 14.8. The Bertz CT molecular complexity index is 746. The number of aromatic nitrogens is 1. The Balaban J connectivity index is 1.29. The lowest BCUT2D eigenvalue weighted by Crippen LogP contribution is -2.45. The van der Waals surface area contributed by atoms with Gasteiger partial charge in [-0.15, -0.1) is 11.3 Å². The second-order valence-electron chi connectivity index (χ2n) is 6.16. The third-order valence-corrected chi connectivity index (χ3v) is 5.24. The van der Waals surface area contributed by atoms with E-state index < -0.39 is 0 Å². The van der Waals surface area contributed by atoms with E-state index >= 15 is 0 Å². The molecule has 0 radical (unpaired) electrons. The minimum atomic E-state index is 0.739. The van der Waals surface area contributed by atoms with E-state index in [2.05, 4.69) is 45.1 Å². The van der Waals surface area contributed by atoms with Crippen LogP contribution in [0.4, 0.5) is 0 Å². The number of hydrogen-bond acceptors (Lipinski definition) is 5. The quantitative estimate of drug-likeness (QED) is 0.709. The summed E-state index contributed by atoms with van der Waals surface area (Å²) >= 11 is 1.66. The molecule has 0 aliphatic carbocycles. The zero-order chi connectivity index (χ0) is 16.2. The van der Waals surface area contributed by atoms with Gasteiger partial charge in [-0.05, 0) is 17.0 Å². The molecule has 0 unspecified atom stereocenters. The van der Waals surface area contributed by atoms with Crippen molar-refractivity contribution in [3.05, 3.63) is 65.4 Å². The number of thiophene rings is 1. The Morgan fingerprint density at radius 2 is 1.67 bits per heavy atom. The fourth-order valence-corrected chi connectivity index (χ4v) is 3.72. The molecule has 3 aromatic rings. The third kappa shape index (κ3) is 3.75. The van der Waals surface area contributed by atoms with Crippen LogP contribution in [-0.2, 0) is 13.1 Å². The fraction of sp³-hybridized carbons (Fsp3) is 0.316. The minimum absolute atomic E-state index is 0.739. The molecular formula is C19H21N3OS. The zero-order valence-electron chi connectivity index (χ0n) is 13.6. The normalized spacial score (nSPS) is 16.5.